The number of fused-ring (bicyclic) bond motifs is 2. The van der Waals surface area contributed by atoms with E-state index in [-0.39, 0.29) is 0 Å². The maximum absolute atomic E-state index is 6.16. The van der Waals surface area contributed by atoms with Gasteiger partial charge in [-0.05, 0) is 51.0 Å². The number of nitrogens with zero attached hydrogens (tertiary/aromatic N) is 1. The van der Waals surface area contributed by atoms with Crippen molar-refractivity contribution in [2.24, 2.45) is 11.7 Å². The average Bonchev–Trinajstić information content (AvgIpc) is 2.79. The van der Waals surface area contributed by atoms with E-state index in [1.165, 1.54) is 51.5 Å². The third-order valence-electron chi connectivity index (χ3n) is 4.98. The molecule has 3 nitrogen and oxygen atoms in total. The van der Waals surface area contributed by atoms with Gasteiger partial charge >= 0.3 is 0 Å². The molecule has 0 saturated carbocycles. The molecular weight excluding hydrogens is 212 g/mol. The minimum Gasteiger partial charge on any atom is -0.381 e. The maximum Gasteiger partial charge on any atom is 0.0495 e. The lowest BCUT2D eigenvalue weighted by Gasteiger charge is -2.48. The van der Waals surface area contributed by atoms with E-state index in [0.29, 0.717) is 6.04 Å². The normalized spacial score (nSPS) is 42.9. The first-order valence-corrected chi connectivity index (χ1v) is 7.42. The lowest BCUT2D eigenvalue weighted by Crippen LogP contribution is -2.55. The van der Waals surface area contributed by atoms with Crippen LogP contribution in [0.5, 0.6) is 0 Å². The number of nitrogens with two attached hydrogens (primary N) is 1. The van der Waals surface area contributed by atoms with Crippen molar-refractivity contribution in [1.29, 1.82) is 0 Å². The lowest BCUT2D eigenvalue weighted by atomic mass is 9.81. The predicted molar refractivity (Wildman–Crippen MR) is 68.9 cm³/mol. The van der Waals surface area contributed by atoms with Crippen LogP contribution in [0, 0.1) is 5.92 Å². The fourth-order valence-corrected chi connectivity index (χ4v) is 4.03. The quantitative estimate of drug-likeness (QED) is 0.814. The fourth-order valence-electron chi connectivity index (χ4n) is 4.03. The van der Waals surface area contributed by atoms with Gasteiger partial charge in [-0.2, -0.15) is 0 Å². The molecule has 3 unspecified atom stereocenters. The summed E-state index contributed by atoms with van der Waals surface area (Å²) in [7, 11) is 0. The molecule has 0 aromatic carbocycles. The molecule has 3 fully saturated rings. The largest absolute Gasteiger partial charge is 0.381 e. The van der Waals surface area contributed by atoms with Gasteiger partial charge in [-0.1, -0.05) is 6.42 Å². The summed E-state index contributed by atoms with van der Waals surface area (Å²) in [5.74, 6) is 0.825. The summed E-state index contributed by atoms with van der Waals surface area (Å²) in [6, 6.07) is 2.05. The Hall–Kier alpha value is -0.120. The Labute approximate surface area is 105 Å². The van der Waals surface area contributed by atoms with Crippen LogP contribution in [0.3, 0.4) is 0 Å². The van der Waals surface area contributed by atoms with Crippen LogP contribution in [0.4, 0.5) is 0 Å². The number of ether oxygens (including phenoxy) is 1. The SMILES string of the molecule is NC1CC2CCCC(C1)N2CCC1CCOC1. The molecule has 3 rings (SSSR count). The van der Waals surface area contributed by atoms with Gasteiger partial charge in [0.1, 0.15) is 0 Å². The summed E-state index contributed by atoms with van der Waals surface area (Å²) >= 11 is 0. The number of piperidine rings is 2. The van der Waals surface area contributed by atoms with E-state index in [4.69, 9.17) is 10.5 Å². The zero-order valence-electron chi connectivity index (χ0n) is 10.8. The Morgan fingerprint density at radius 2 is 1.88 bits per heavy atom. The molecular formula is C14H26N2O. The summed E-state index contributed by atoms with van der Waals surface area (Å²) in [6.07, 6.45) is 9.27. The molecule has 0 aromatic rings. The molecule has 0 aromatic heterocycles. The minimum atomic E-state index is 0.469. The van der Waals surface area contributed by atoms with Gasteiger partial charge in [0, 0.05) is 31.3 Å². The molecule has 0 aliphatic carbocycles. The van der Waals surface area contributed by atoms with Crippen molar-refractivity contribution in [3.05, 3.63) is 0 Å². The molecule has 3 atom stereocenters. The van der Waals surface area contributed by atoms with E-state index in [9.17, 15) is 0 Å². The Bertz CT molecular complexity index is 239. The molecule has 3 heteroatoms. The van der Waals surface area contributed by atoms with Crippen LogP contribution >= 0.6 is 0 Å². The van der Waals surface area contributed by atoms with Crippen molar-refractivity contribution < 1.29 is 4.74 Å². The van der Waals surface area contributed by atoms with E-state index in [1.54, 1.807) is 0 Å². The Morgan fingerprint density at radius 3 is 2.53 bits per heavy atom. The fraction of sp³-hybridized carbons (Fsp3) is 1.00. The van der Waals surface area contributed by atoms with E-state index in [1.807, 2.05) is 0 Å². The van der Waals surface area contributed by atoms with E-state index >= 15 is 0 Å². The smallest absolute Gasteiger partial charge is 0.0495 e. The third-order valence-corrected chi connectivity index (χ3v) is 4.98. The molecule has 3 saturated heterocycles. The van der Waals surface area contributed by atoms with Crippen LogP contribution in [0.2, 0.25) is 0 Å². The van der Waals surface area contributed by atoms with Gasteiger partial charge < -0.3 is 10.5 Å². The van der Waals surface area contributed by atoms with E-state index in [0.717, 1.165) is 31.2 Å². The van der Waals surface area contributed by atoms with Gasteiger partial charge in [-0.3, -0.25) is 4.90 Å². The highest BCUT2D eigenvalue weighted by Gasteiger charge is 2.36. The van der Waals surface area contributed by atoms with Crippen molar-refractivity contribution in [3.8, 4) is 0 Å². The highest BCUT2D eigenvalue weighted by atomic mass is 16.5. The monoisotopic (exact) mass is 238 g/mol. The van der Waals surface area contributed by atoms with Gasteiger partial charge in [0.2, 0.25) is 0 Å². The third kappa shape index (κ3) is 2.67. The van der Waals surface area contributed by atoms with Gasteiger partial charge in [0.05, 0.1) is 0 Å². The summed E-state index contributed by atoms with van der Waals surface area (Å²) in [5.41, 5.74) is 6.16. The molecule has 3 heterocycles. The second kappa shape index (κ2) is 5.25. The van der Waals surface area contributed by atoms with Gasteiger partial charge in [0.15, 0.2) is 0 Å². The van der Waals surface area contributed by atoms with E-state index in [2.05, 4.69) is 4.90 Å². The zero-order chi connectivity index (χ0) is 11.7. The average molecular weight is 238 g/mol. The first-order valence-electron chi connectivity index (χ1n) is 7.42. The standard InChI is InChI=1S/C14H26N2O/c15-12-8-13-2-1-3-14(9-12)16(13)6-4-11-5-7-17-10-11/h11-14H,1-10,15H2. The molecule has 2 N–H and O–H groups in total. The van der Waals surface area contributed by atoms with Gasteiger partial charge in [-0.25, -0.2) is 0 Å². The number of hydrogen-bond acceptors (Lipinski definition) is 3. The van der Waals surface area contributed by atoms with Gasteiger partial charge in [0.25, 0.3) is 0 Å². The predicted octanol–water partition coefficient (Wildman–Crippen LogP) is 1.76. The number of rotatable bonds is 3. The highest BCUT2D eigenvalue weighted by molar-refractivity contribution is 4.94. The van der Waals surface area contributed by atoms with Crippen molar-refractivity contribution in [2.45, 2.75) is 63.1 Å². The Kier molecular flexibility index (Phi) is 3.69. The van der Waals surface area contributed by atoms with Crippen LogP contribution in [-0.2, 0) is 4.74 Å². The van der Waals surface area contributed by atoms with Crippen molar-refractivity contribution in [1.82, 2.24) is 4.90 Å². The molecule has 3 aliphatic heterocycles. The Morgan fingerprint density at radius 1 is 1.12 bits per heavy atom. The van der Waals surface area contributed by atoms with Crippen molar-refractivity contribution in [3.63, 3.8) is 0 Å². The lowest BCUT2D eigenvalue weighted by molar-refractivity contribution is 0.0266. The molecule has 2 bridgehead atoms. The first-order chi connectivity index (χ1) is 8.33. The van der Waals surface area contributed by atoms with Crippen LogP contribution in [-0.4, -0.2) is 42.8 Å². The molecule has 3 aliphatic rings. The maximum atomic E-state index is 6.16. The molecule has 0 radical (unpaired) electrons. The molecule has 98 valence electrons. The van der Waals surface area contributed by atoms with Crippen LogP contribution in [0.25, 0.3) is 0 Å². The summed E-state index contributed by atoms with van der Waals surface area (Å²) in [5, 5.41) is 0. The van der Waals surface area contributed by atoms with Crippen LogP contribution in [0.15, 0.2) is 0 Å². The number of hydrogen-bond donors (Lipinski definition) is 1. The first kappa shape index (κ1) is 11.9. The summed E-state index contributed by atoms with van der Waals surface area (Å²) < 4.78 is 5.47. The molecule has 17 heavy (non-hydrogen) atoms. The summed E-state index contributed by atoms with van der Waals surface area (Å²) in [6.45, 7) is 3.28. The Balaban J connectivity index is 1.54. The van der Waals surface area contributed by atoms with Crippen LogP contribution < -0.4 is 5.73 Å². The van der Waals surface area contributed by atoms with E-state index < -0.39 is 0 Å². The highest BCUT2D eigenvalue weighted by Crippen LogP contribution is 2.34. The topological polar surface area (TPSA) is 38.5 Å². The minimum absolute atomic E-state index is 0.469. The molecule has 0 spiro atoms. The summed E-state index contributed by atoms with van der Waals surface area (Å²) in [4.78, 5) is 2.78. The molecule has 0 amide bonds. The van der Waals surface area contributed by atoms with Gasteiger partial charge in [-0.15, -0.1) is 0 Å². The van der Waals surface area contributed by atoms with Crippen LogP contribution in [0.1, 0.15) is 44.9 Å². The zero-order valence-corrected chi connectivity index (χ0v) is 10.8. The van der Waals surface area contributed by atoms with Crippen molar-refractivity contribution >= 4 is 0 Å². The van der Waals surface area contributed by atoms with Crippen molar-refractivity contribution in [2.75, 3.05) is 19.8 Å². The second-order valence-corrected chi connectivity index (χ2v) is 6.23. The second-order valence-electron chi connectivity index (χ2n) is 6.23.